The fraction of sp³-hybridized carbons (Fsp3) is 0.462. The molecule has 0 bridgehead atoms. The van der Waals surface area contributed by atoms with Gasteiger partial charge in [0.15, 0.2) is 0 Å². The van der Waals surface area contributed by atoms with Gasteiger partial charge in [-0.1, -0.05) is 17.7 Å². The number of hydrogen-bond acceptors (Lipinski definition) is 7. The molecule has 3 heterocycles. The quantitative estimate of drug-likeness (QED) is 0.561. The Morgan fingerprint density at radius 3 is 2.62 bits per heavy atom. The third-order valence-electron chi connectivity index (χ3n) is 6.75. The molecule has 2 aliphatic rings. The van der Waals surface area contributed by atoms with Gasteiger partial charge < -0.3 is 14.7 Å². The normalized spacial score (nSPS) is 20.9. The second-order valence-electron chi connectivity index (χ2n) is 9.29. The summed E-state index contributed by atoms with van der Waals surface area (Å²) in [5.74, 6) is 0.942. The zero-order valence-corrected chi connectivity index (χ0v) is 20.6. The van der Waals surface area contributed by atoms with E-state index in [9.17, 15) is 9.90 Å². The lowest BCUT2D eigenvalue weighted by Crippen LogP contribution is -2.54. The number of aromatic nitrogens is 1. The standard InChI is InChI=1S/C26H32N4O3S/c1-18-3-5-20(6-4-18)30-10-9-24(26(30)32)29-13-11-28(12-14-29)16-21(31)17-33-22-7-8-25-23(15-22)27-19(2)34-25/h3-8,15,21,24,31H,9-14,16-17H2,1-2H3. The molecular formula is C26H32N4O3S. The van der Waals surface area contributed by atoms with Gasteiger partial charge in [-0.05, 0) is 44.5 Å². The Bertz CT molecular complexity index is 1140. The van der Waals surface area contributed by atoms with E-state index in [0.717, 1.165) is 65.8 Å². The molecule has 0 saturated carbocycles. The molecule has 2 fully saturated rings. The lowest BCUT2D eigenvalue weighted by Gasteiger charge is -2.37. The van der Waals surface area contributed by atoms with Crippen molar-refractivity contribution in [3.63, 3.8) is 0 Å². The highest BCUT2D eigenvalue weighted by Gasteiger charge is 2.37. The van der Waals surface area contributed by atoms with Crippen LogP contribution in [0, 0.1) is 13.8 Å². The molecule has 7 nitrogen and oxygen atoms in total. The Morgan fingerprint density at radius 2 is 1.85 bits per heavy atom. The number of aliphatic hydroxyl groups excluding tert-OH is 1. The van der Waals surface area contributed by atoms with E-state index in [2.05, 4.69) is 33.8 Å². The molecule has 1 N–H and O–H groups in total. The number of carbonyl (C=O) groups is 1. The fourth-order valence-corrected chi connectivity index (χ4v) is 5.71. The number of nitrogens with zero attached hydrogens (tertiary/aromatic N) is 4. The molecule has 0 radical (unpaired) electrons. The smallest absolute Gasteiger partial charge is 0.244 e. The maximum atomic E-state index is 13.1. The maximum absolute atomic E-state index is 13.1. The Morgan fingerprint density at radius 1 is 1.09 bits per heavy atom. The van der Waals surface area contributed by atoms with Crippen LogP contribution in [0.15, 0.2) is 42.5 Å². The number of aryl methyl sites for hydroxylation is 2. The molecule has 1 aromatic heterocycles. The van der Waals surface area contributed by atoms with Gasteiger partial charge in [-0.2, -0.15) is 0 Å². The Labute approximate surface area is 204 Å². The molecule has 180 valence electrons. The van der Waals surface area contributed by atoms with Crippen molar-refractivity contribution in [2.24, 2.45) is 0 Å². The van der Waals surface area contributed by atoms with Gasteiger partial charge in [-0.15, -0.1) is 11.3 Å². The SMILES string of the molecule is Cc1ccc(N2CCC(N3CCN(CC(O)COc4ccc5sc(C)nc5c4)CC3)C2=O)cc1. The van der Waals surface area contributed by atoms with Crippen LogP contribution in [0.5, 0.6) is 5.75 Å². The Kier molecular flexibility index (Phi) is 6.83. The summed E-state index contributed by atoms with van der Waals surface area (Å²) in [6.45, 7) is 9.01. The first-order valence-corrected chi connectivity index (χ1v) is 12.8. The minimum Gasteiger partial charge on any atom is -0.491 e. The minimum absolute atomic E-state index is 0.0408. The monoisotopic (exact) mass is 480 g/mol. The molecular weight excluding hydrogens is 448 g/mol. The molecule has 2 unspecified atom stereocenters. The summed E-state index contributed by atoms with van der Waals surface area (Å²) < 4.78 is 6.98. The molecule has 3 aromatic rings. The van der Waals surface area contributed by atoms with E-state index in [1.54, 1.807) is 11.3 Å². The second-order valence-corrected chi connectivity index (χ2v) is 10.5. The lowest BCUT2D eigenvalue weighted by atomic mass is 10.1. The summed E-state index contributed by atoms with van der Waals surface area (Å²) in [5, 5.41) is 11.6. The van der Waals surface area contributed by atoms with Crippen LogP contribution in [0.1, 0.15) is 17.0 Å². The van der Waals surface area contributed by atoms with Crippen LogP contribution >= 0.6 is 11.3 Å². The molecule has 2 saturated heterocycles. The van der Waals surface area contributed by atoms with Gasteiger partial charge >= 0.3 is 0 Å². The number of carbonyl (C=O) groups excluding carboxylic acids is 1. The highest BCUT2D eigenvalue weighted by atomic mass is 32.1. The molecule has 8 heteroatoms. The van der Waals surface area contributed by atoms with E-state index in [-0.39, 0.29) is 18.6 Å². The van der Waals surface area contributed by atoms with Crippen molar-refractivity contribution in [2.45, 2.75) is 32.4 Å². The number of rotatable bonds is 7. The first-order valence-electron chi connectivity index (χ1n) is 12.0. The third kappa shape index (κ3) is 5.10. The number of β-amino-alcohol motifs (C(OH)–C–C–N with tert-alkyl or cyclic N) is 1. The number of benzene rings is 2. The molecule has 34 heavy (non-hydrogen) atoms. The van der Waals surface area contributed by atoms with Gasteiger partial charge in [-0.25, -0.2) is 4.98 Å². The number of amides is 1. The van der Waals surface area contributed by atoms with Crippen LogP contribution in [0.2, 0.25) is 0 Å². The average molecular weight is 481 g/mol. The highest BCUT2D eigenvalue weighted by molar-refractivity contribution is 7.18. The van der Waals surface area contributed by atoms with Crippen molar-refractivity contribution in [1.82, 2.24) is 14.8 Å². The van der Waals surface area contributed by atoms with E-state index < -0.39 is 6.10 Å². The van der Waals surface area contributed by atoms with Crippen molar-refractivity contribution >= 4 is 33.1 Å². The summed E-state index contributed by atoms with van der Waals surface area (Å²) in [5.41, 5.74) is 3.13. The van der Waals surface area contributed by atoms with Crippen LogP contribution in [0.3, 0.4) is 0 Å². The van der Waals surface area contributed by atoms with Crippen molar-refractivity contribution in [3.05, 3.63) is 53.0 Å². The first kappa shape index (κ1) is 23.2. The molecule has 2 atom stereocenters. The van der Waals surface area contributed by atoms with Gasteiger partial charge in [-0.3, -0.25) is 14.6 Å². The summed E-state index contributed by atoms with van der Waals surface area (Å²) in [6.07, 6.45) is 0.302. The molecule has 5 rings (SSSR count). The molecule has 0 spiro atoms. The first-order chi connectivity index (χ1) is 16.5. The molecule has 2 aromatic carbocycles. The topological polar surface area (TPSA) is 69.1 Å². The van der Waals surface area contributed by atoms with Crippen molar-refractivity contribution < 1.29 is 14.6 Å². The average Bonchev–Trinajstić information content (AvgIpc) is 3.40. The molecule has 1 amide bonds. The van der Waals surface area contributed by atoms with Crippen molar-refractivity contribution in [2.75, 3.05) is 50.8 Å². The van der Waals surface area contributed by atoms with Crippen LogP contribution in [0.4, 0.5) is 5.69 Å². The number of fused-ring (bicyclic) bond motifs is 1. The zero-order chi connectivity index (χ0) is 23.7. The van der Waals surface area contributed by atoms with Gasteiger partial charge in [0.2, 0.25) is 5.91 Å². The summed E-state index contributed by atoms with van der Waals surface area (Å²) in [7, 11) is 0. The van der Waals surface area contributed by atoms with E-state index in [4.69, 9.17) is 4.74 Å². The Balaban J connectivity index is 1.07. The summed E-state index contributed by atoms with van der Waals surface area (Å²) in [6, 6.07) is 14.0. The van der Waals surface area contributed by atoms with Gasteiger partial charge in [0.25, 0.3) is 0 Å². The van der Waals surface area contributed by atoms with E-state index in [0.29, 0.717) is 6.54 Å². The highest BCUT2D eigenvalue weighted by Crippen LogP contribution is 2.27. The van der Waals surface area contributed by atoms with E-state index in [1.807, 2.05) is 42.2 Å². The fourth-order valence-electron chi connectivity index (χ4n) is 4.90. The largest absolute Gasteiger partial charge is 0.491 e. The number of thiazole rings is 1. The van der Waals surface area contributed by atoms with Crippen LogP contribution in [0.25, 0.3) is 10.2 Å². The lowest BCUT2D eigenvalue weighted by molar-refractivity contribution is -0.122. The van der Waals surface area contributed by atoms with Gasteiger partial charge in [0, 0.05) is 51.0 Å². The summed E-state index contributed by atoms with van der Waals surface area (Å²) in [4.78, 5) is 24.0. The van der Waals surface area contributed by atoms with Crippen molar-refractivity contribution in [3.8, 4) is 5.75 Å². The number of anilines is 1. The molecule has 0 aliphatic carbocycles. The third-order valence-corrected chi connectivity index (χ3v) is 7.70. The summed E-state index contributed by atoms with van der Waals surface area (Å²) >= 11 is 1.67. The predicted octanol–water partition coefficient (Wildman–Crippen LogP) is 3.08. The number of hydrogen-bond donors (Lipinski definition) is 1. The minimum atomic E-state index is -0.565. The number of aliphatic hydroxyl groups is 1. The van der Waals surface area contributed by atoms with Crippen molar-refractivity contribution in [1.29, 1.82) is 0 Å². The maximum Gasteiger partial charge on any atom is 0.244 e. The van der Waals surface area contributed by atoms with Crippen LogP contribution < -0.4 is 9.64 Å². The van der Waals surface area contributed by atoms with E-state index in [1.165, 1.54) is 5.56 Å². The van der Waals surface area contributed by atoms with Gasteiger partial charge in [0.05, 0.1) is 21.3 Å². The van der Waals surface area contributed by atoms with Crippen LogP contribution in [-0.4, -0.2) is 83.8 Å². The number of ether oxygens (including phenoxy) is 1. The predicted molar refractivity (Wildman–Crippen MR) is 136 cm³/mol. The van der Waals surface area contributed by atoms with Crippen LogP contribution in [-0.2, 0) is 4.79 Å². The Hall–Kier alpha value is -2.52. The van der Waals surface area contributed by atoms with E-state index >= 15 is 0 Å². The second kappa shape index (κ2) is 10.00. The van der Waals surface area contributed by atoms with Gasteiger partial charge in [0.1, 0.15) is 18.5 Å². The molecule has 2 aliphatic heterocycles. The number of piperazine rings is 1. The zero-order valence-electron chi connectivity index (χ0n) is 19.8.